The molecule has 0 spiro atoms. The molecule has 0 saturated carbocycles. The third-order valence-electron chi connectivity index (χ3n) is 3.37. The smallest absolute Gasteiger partial charge is 0.301 e. The van der Waals surface area contributed by atoms with Crippen molar-refractivity contribution < 1.29 is 36.5 Å². The number of carbonyl (C=O) groups excluding carboxylic acids is 1. The van der Waals surface area contributed by atoms with Gasteiger partial charge in [-0.2, -0.15) is 13.2 Å². The maximum atomic E-state index is 13.5. The van der Waals surface area contributed by atoms with E-state index in [0.29, 0.717) is 4.73 Å². The van der Waals surface area contributed by atoms with Crippen molar-refractivity contribution in [3.05, 3.63) is 29.4 Å². The fourth-order valence-electron chi connectivity index (χ4n) is 2.25. The molecule has 0 bridgehead atoms. The maximum absolute atomic E-state index is 13.5. The van der Waals surface area contributed by atoms with Crippen LogP contribution in [0.25, 0.3) is 10.6 Å². The van der Waals surface area contributed by atoms with Crippen LogP contribution in [0.3, 0.4) is 0 Å². The molecule has 0 aliphatic rings. The molecular formula is C15H15ClF4N3O3S2+. The maximum Gasteiger partial charge on any atom is 0.400 e. The van der Waals surface area contributed by atoms with Crippen LogP contribution in [0.15, 0.2) is 18.5 Å². The quantitative estimate of drug-likeness (QED) is 0.391. The van der Waals surface area contributed by atoms with Gasteiger partial charge in [-0.1, -0.05) is 22.9 Å². The van der Waals surface area contributed by atoms with Gasteiger partial charge in [0.25, 0.3) is 6.20 Å². The van der Waals surface area contributed by atoms with Crippen LogP contribution in [0.2, 0.25) is 5.15 Å². The molecule has 2 rings (SSSR count). The lowest BCUT2D eigenvalue weighted by molar-refractivity contribution is -0.905. The van der Waals surface area contributed by atoms with Gasteiger partial charge in [-0.15, -0.1) is 0 Å². The van der Waals surface area contributed by atoms with E-state index < -0.39 is 40.2 Å². The molecule has 0 aliphatic heterocycles. The van der Waals surface area contributed by atoms with Crippen LogP contribution in [0.4, 0.5) is 22.6 Å². The number of thiazole rings is 1. The molecule has 2 aromatic heterocycles. The number of rotatable bonds is 7. The summed E-state index contributed by atoms with van der Waals surface area (Å²) in [5.74, 6) is -3.19. The van der Waals surface area contributed by atoms with Gasteiger partial charge in [0, 0.05) is 34.2 Å². The highest BCUT2D eigenvalue weighted by atomic mass is 35.5. The number of amides is 1. The molecule has 28 heavy (non-hydrogen) atoms. The third-order valence-corrected chi connectivity index (χ3v) is 6.18. The van der Waals surface area contributed by atoms with Crippen LogP contribution in [0, 0.1) is 5.82 Å². The lowest BCUT2D eigenvalue weighted by Gasteiger charge is -2.19. The molecule has 1 unspecified atom stereocenters. The van der Waals surface area contributed by atoms with Crippen molar-refractivity contribution in [2.24, 2.45) is 0 Å². The van der Waals surface area contributed by atoms with Crippen molar-refractivity contribution in [3.8, 4) is 10.6 Å². The summed E-state index contributed by atoms with van der Waals surface area (Å²) in [6.07, 6.45) is -2.90. The third kappa shape index (κ3) is 6.11. The number of hydrogen-bond acceptors (Lipinski definition) is 5. The molecular weight excluding hydrogens is 446 g/mol. The van der Waals surface area contributed by atoms with Crippen molar-refractivity contribution in [3.63, 3.8) is 0 Å². The molecule has 0 saturated heterocycles. The lowest BCUT2D eigenvalue weighted by atomic mass is 10.3. The molecule has 0 radical (unpaired) electrons. The second-order valence-corrected chi connectivity index (χ2v) is 8.44. The number of halogens is 5. The van der Waals surface area contributed by atoms with Crippen LogP contribution in [0.5, 0.6) is 0 Å². The number of aromatic nitrogens is 2. The molecule has 1 atom stereocenters. The van der Waals surface area contributed by atoms with Gasteiger partial charge in [0.1, 0.15) is 15.8 Å². The Bertz CT molecular complexity index is 872. The Balaban J connectivity index is 2.16. The molecule has 0 fully saturated rings. The van der Waals surface area contributed by atoms with Crippen molar-refractivity contribution >= 4 is 44.6 Å². The first-order valence-electron chi connectivity index (χ1n) is 7.80. The van der Waals surface area contributed by atoms with E-state index in [1.54, 1.807) is 6.92 Å². The monoisotopic (exact) mass is 460 g/mol. The van der Waals surface area contributed by atoms with Crippen molar-refractivity contribution in [1.82, 2.24) is 4.98 Å². The standard InChI is InChI=1S/C15H15ClF4N3O3S2/c1-2-23(11(24)3-4-28(26)8-15(18,19)20)14-12(16)21-13(27-14)9-5-10(17)7-22(25)6-9/h5-7,25H,2-4,8H2,1H3/q+1. The number of pyridine rings is 1. The van der Waals surface area contributed by atoms with E-state index in [0.717, 1.165) is 23.6 Å². The van der Waals surface area contributed by atoms with Gasteiger partial charge in [-0.25, -0.2) is 9.37 Å². The lowest BCUT2D eigenvalue weighted by Crippen LogP contribution is -2.32. The molecule has 0 aliphatic carbocycles. The highest BCUT2D eigenvalue weighted by molar-refractivity contribution is 7.85. The SMILES string of the molecule is CCN(C(=O)CCS(=O)CC(F)(F)F)c1sc(-c2cc(F)c[n+](O)c2)nc1Cl. The number of anilines is 1. The fraction of sp³-hybridized carbons (Fsp3) is 0.400. The van der Waals surface area contributed by atoms with Crippen LogP contribution >= 0.6 is 22.9 Å². The zero-order valence-corrected chi connectivity index (χ0v) is 16.8. The van der Waals surface area contributed by atoms with Gasteiger partial charge in [-0.3, -0.25) is 14.2 Å². The van der Waals surface area contributed by atoms with Crippen molar-refractivity contribution in [2.45, 2.75) is 19.5 Å². The van der Waals surface area contributed by atoms with E-state index in [2.05, 4.69) is 4.98 Å². The Morgan fingerprint density at radius 2 is 2.11 bits per heavy atom. The Morgan fingerprint density at radius 1 is 1.43 bits per heavy atom. The van der Waals surface area contributed by atoms with E-state index in [9.17, 15) is 31.8 Å². The first-order chi connectivity index (χ1) is 13.0. The fourth-order valence-corrected chi connectivity index (χ4v) is 4.54. The van der Waals surface area contributed by atoms with Gasteiger partial charge < -0.3 is 4.90 Å². The van der Waals surface area contributed by atoms with Crippen molar-refractivity contribution in [1.29, 1.82) is 0 Å². The minimum atomic E-state index is -4.57. The molecule has 2 aromatic rings. The largest absolute Gasteiger partial charge is 0.400 e. The van der Waals surface area contributed by atoms with Crippen LogP contribution in [-0.2, 0) is 15.6 Å². The molecule has 154 valence electrons. The zero-order chi connectivity index (χ0) is 21.1. The Hall–Kier alpha value is -1.79. The highest BCUT2D eigenvalue weighted by Gasteiger charge is 2.31. The summed E-state index contributed by atoms with van der Waals surface area (Å²) in [6, 6.07) is 1.12. The molecule has 2 heterocycles. The second-order valence-electron chi connectivity index (χ2n) is 5.53. The summed E-state index contributed by atoms with van der Waals surface area (Å²) in [5, 5.41) is 9.82. The van der Waals surface area contributed by atoms with Crippen LogP contribution < -0.4 is 9.63 Å². The first-order valence-corrected chi connectivity index (χ1v) is 10.5. The predicted molar refractivity (Wildman–Crippen MR) is 96.5 cm³/mol. The van der Waals surface area contributed by atoms with Gasteiger partial charge in [0.2, 0.25) is 12.1 Å². The molecule has 13 heteroatoms. The van der Waals surface area contributed by atoms with E-state index in [1.165, 1.54) is 11.1 Å². The van der Waals surface area contributed by atoms with Gasteiger partial charge in [0.05, 0.1) is 5.56 Å². The van der Waals surface area contributed by atoms with Crippen molar-refractivity contribution in [2.75, 3.05) is 23.0 Å². The van der Waals surface area contributed by atoms with Gasteiger partial charge in [-0.05, 0) is 13.0 Å². The normalized spacial score (nSPS) is 12.8. The minimum absolute atomic E-state index is 0.0552. The predicted octanol–water partition coefficient (Wildman–Crippen LogP) is 3.18. The number of nitrogens with zero attached hydrogens (tertiary/aromatic N) is 3. The van der Waals surface area contributed by atoms with Crippen LogP contribution in [0.1, 0.15) is 13.3 Å². The topological polar surface area (TPSA) is 74.4 Å². The van der Waals surface area contributed by atoms with E-state index in [-0.39, 0.29) is 33.7 Å². The summed E-state index contributed by atoms with van der Waals surface area (Å²) in [7, 11) is -2.21. The van der Waals surface area contributed by atoms with Gasteiger partial charge >= 0.3 is 6.18 Å². The summed E-state index contributed by atoms with van der Waals surface area (Å²) < 4.78 is 62.1. The Morgan fingerprint density at radius 3 is 2.68 bits per heavy atom. The Kier molecular flexibility index (Phi) is 7.34. The summed E-state index contributed by atoms with van der Waals surface area (Å²) in [4.78, 5) is 17.6. The van der Waals surface area contributed by atoms with E-state index in [4.69, 9.17) is 11.6 Å². The Labute approximate surface area is 168 Å². The number of alkyl halides is 3. The summed E-state index contributed by atoms with van der Waals surface area (Å²) in [6.45, 7) is 1.78. The van der Waals surface area contributed by atoms with Crippen LogP contribution in [-0.4, -0.2) is 44.5 Å². The van der Waals surface area contributed by atoms with E-state index >= 15 is 0 Å². The zero-order valence-electron chi connectivity index (χ0n) is 14.4. The second kappa shape index (κ2) is 9.14. The molecule has 6 nitrogen and oxygen atoms in total. The minimum Gasteiger partial charge on any atom is -0.301 e. The number of carbonyl (C=O) groups is 1. The first kappa shape index (κ1) is 22.5. The van der Waals surface area contributed by atoms with Gasteiger partial charge in [0.15, 0.2) is 11.0 Å². The highest BCUT2D eigenvalue weighted by Crippen LogP contribution is 2.37. The number of hydrogen-bond donors (Lipinski definition) is 1. The average molecular weight is 461 g/mol. The average Bonchev–Trinajstić information content (AvgIpc) is 2.93. The summed E-state index contributed by atoms with van der Waals surface area (Å²) in [5.41, 5.74) is 0.218. The van der Waals surface area contributed by atoms with E-state index in [1.807, 2.05) is 0 Å². The molecule has 0 aromatic carbocycles. The summed E-state index contributed by atoms with van der Waals surface area (Å²) >= 11 is 7.03. The molecule has 1 N–H and O–H groups in total. The molecule has 1 amide bonds.